The maximum absolute atomic E-state index is 14.4. The minimum absolute atomic E-state index is 0.114. The Morgan fingerprint density at radius 3 is 2.88 bits per heavy atom. The molecule has 1 aliphatic carbocycles. The van der Waals surface area contributed by atoms with E-state index in [-0.39, 0.29) is 11.7 Å². The van der Waals surface area contributed by atoms with Gasteiger partial charge in [-0.15, -0.1) is 11.6 Å². The van der Waals surface area contributed by atoms with Crippen LogP contribution in [0, 0.1) is 17.1 Å². The van der Waals surface area contributed by atoms with Crippen molar-refractivity contribution in [1.29, 1.82) is 5.26 Å². The standard InChI is InChI=1S/C25H30ClFN4O2S/c1-25(2,24(32)31(16-34)19-5-4-17(14-28)22(26)12-19)30-9-3-11-33-20-6-7-21(23(27)13-20)18-8-10-29-15-18/h4-7,10,13,16,18,22,24,30,32H,3,8-9,11-12,15H2,1-2H3. The number of hydrogen-bond donors (Lipinski definition) is 2. The molecule has 3 rings (SSSR count). The van der Waals surface area contributed by atoms with E-state index in [9.17, 15) is 9.50 Å². The zero-order valence-electron chi connectivity index (χ0n) is 19.4. The number of alkyl halides is 1. The summed E-state index contributed by atoms with van der Waals surface area (Å²) in [5, 5.41) is 23.0. The normalized spacial score (nSPS) is 20.8. The maximum Gasteiger partial charge on any atom is 0.148 e. The van der Waals surface area contributed by atoms with E-state index < -0.39 is 17.1 Å². The highest BCUT2D eigenvalue weighted by Crippen LogP contribution is 2.29. The van der Waals surface area contributed by atoms with Crippen molar-refractivity contribution in [2.75, 3.05) is 19.7 Å². The van der Waals surface area contributed by atoms with Crippen LogP contribution in [0.2, 0.25) is 0 Å². The molecular weight excluding hydrogens is 475 g/mol. The molecule has 9 heteroatoms. The van der Waals surface area contributed by atoms with Gasteiger partial charge in [-0.25, -0.2) is 4.39 Å². The fourth-order valence-corrected chi connectivity index (χ4v) is 4.51. The molecule has 0 saturated heterocycles. The van der Waals surface area contributed by atoms with Crippen LogP contribution in [0.25, 0.3) is 0 Å². The van der Waals surface area contributed by atoms with Gasteiger partial charge in [-0.1, -0.05) is 18.3 Å². The molecule has 0 fully saturated rings. The topological polar surface area (TPSA) is 80.9 Å². The largest absolute Gasteiger partial charge is 0.493 e. The van der Waals surface area contributed by atoms with Crippen molar-refractivity contribution in [3.05, 3.63) is 53.0 Å². The molecule has 1 heterocycles. The molecule has 6 nitrogen and oxygen atoms in total. The van der Waals surface area contributed by atoms with Gasteiger partial charge in [0.05, 0.1) is 29.1 Å². The molecule has 0 radical (unpaired) electrons. The van der Waals surface area contributed by atoms with Crippen LogP contribution < -0.4 is 10.1 Å². The molecule has 1 aliphatic heterocycles. The van der Waals surface area contributed by atoms with Crippen LogP contribution in [0.1, 0.15) is 44.6 Å². The Balaban J connectivity index is 1.47. The minimum atomic E-state index is -0.945. The molecule has 1 aromatic rings. The van der Waals surface area contributed by atoms with Gasteiger partial charge in [0.25, 0.3) is 0 Å². The second kappa shape index (κ2) is 11.9. The lowest BCUT2D eigenvalue weighted by atomic mass is 9.97. The van der Waals surface area contributed by atoms with Gasteiger partial charge in [-0.2, -0.15) is 5.26 Å². The third-order valence-corrected chi connectivity index (χ3v) is 6.71. The van der Waals surface area contributed by atoms with Crippen molar-refractivity contribution in [3.8, 4) is 11.8 Å². The zero-order valence-corrected chi connectivity index (χ0v) is 20.9. The number of hydrogen-bond acceptors (Lipinski definition) is 6. The summed E-state index contributed by atoms with van der Waals surface area (Å²) >= 11 is 11.4. The fraction of sp³-hybridized carbons (Fsp3) is 0.480. The molecule has 2 N–H and O–H groups in total. The van der Waals surface area contributed by atoms with Gasteiger partial charge in [-0.3, -0.25) is 4.99 Å². The molecule has 0 bridgehead atoms. The van der Waals surface area contributed by atoms with Crippen LogP contribution in [-0.2, 0) is 0 Å². The summed E-state index contributed by atoms with van der Waals surface area (Å²) in [6, 6.07) is 7.08. The van der Waals surface area contributed by atoms with E-state index in [4.69, 9.17) is 33.8 Å². The molecule has 3 atom stereocenters. The average molecular weight is 505 g/mol. The van der Waals surface area contributed by atoms with Crippen molar-refractivity contribution in [3.63, 3.8) is 0 Å². The van der Waals surface area contributed by atoms with Crippen LogP contribution in [-0.4, -0.2) is 58.6 Å². The number of aliphatic imine (C=N–C) groups is 1. The van der Waals surface area contributed by atoms with Gasteiger partial charge < -0.3 is 20.1 Å². The molecule has 2 aliphatic rings. The Hall–Kier alpha value is -2.31. The first-order chi connectivity index (χ1) is 16.3. The number of aliphatic hydroxyl groups excluding tert-OH is 1. The fourth-order valence-electron chi connectivity index (χ4n) is 3.98. The Kier molecular flexibility index (Phi) is 9.20. The molecule has 34 heavy (non-hydrogen) atoms. The first-order valence-electron chi connectivity index (χ1n) is 11.3. The zero-order chi connectivity index (χ0) is 24.7. The number of thiocarbonyl (C=S) groups is 1. The monoisotopic (exact) mass is 504 g/mol. The lowest BCUT2D eigenvalue weighted by Gasteiger charge is -2.40. The van der Waals surface area contributed by atoms with Crippen LogP contribution in [0.5, 0.6) is 5.75 Å². The summed E-state index contributed by atoms with van der Waals surface area (Å²) < 4.78 is 20.1. The Bertz CT molecular complexity index is 1010. The molecule has 0 saturated carbocycles. The number of nitrogens with one attached hydrogen (secondary N) is 1. The van der Waals surface area contributed by atoms with Gasteiger partial charge in [0.2, 0.25) is 0 Å². The second-order valence-corrected chi connectivity index (χ2v) is 9.70. The van der Waals surface area contributed by atoms with Crippen molar-refractivity contribution in [1.82, 2.24) is 10.2 Å². The van der Waals surface area contributed by atoms with E-state index in [0.717, 1.165) is 12.1 Å². The Labute approximate surface area is 210 Å². The number of allylic oxidation sites excluding steroid dienone is 4. The van der Waals surface area contributed by atoms with E-state index in [1.807, 2.05) is 20.1 Å². The number of rotatable bonds is 11. The second-order valence-electron chi connectivity index (χ2n) is 8.96. The number of nitrogens with zero attached hydrogens (tertiary/aromatic N) is 3. The number of aliphatic hydroxyl groups is 1. The van der Waals surface area contributed by atoms with Crippen LogP contribution >= 0.6 is 23.8 Å². The lowest BCUT2D eigenvalue weighted by molar-refractivity contribution is 0.00114. The van der Waals surface area contributed by atoms with E-state index >= 15 is 0 Å². The van der Waals surface area contributed by atoms with Crippen molar-refractivity contribution >= 4 is 35.5 Å². The predicted octanol–water partition coefficient (Wildman–Crippen LogP) is 4.44. The molecule has 3 unspecified atom stereocenters. The molecule has 0 spiro atoms. The minimum Gasteiger partial charge on any atom is -0.493 e. The molecule has 182 valence electrons. The Morgan fingerprint density at radius 2 is 2.26 bits per heavy atom. The van der Waals surface area contributed by atoms with E-state index in [0.29, 0.717) is 49.4 Å². The van der Waals surface area contributed by atoms with Crippen LogP contribution in [0.15, 0.2) is 46.6 Å². The van der Waals surface area contributed by atoms with Crippen molar-refractivity contribution in [2.45, 2.75) is 56.2 Å². The molecule has 0 amide bonds. The highest BCUT2D eigenvalue weighted by Gasteiger charge is 2.34. The van der Waals surface area contributed by atoms with Crippen LogP contribution in [0.3, 0.4) is 0 Å². The number of nitriles is 1. The van der Waals surface area contributed by atoms with Crippen molar-refractivity contribution < 1.29 is 14.2 Å². The first kappa shape index (κ1) is 26.3. The number of ether oxygens (including phenoxy) is 1. The summed E-state index contributed by atoms with van der Waals surface area (Å²) in [6.07, 6.45) is 6.15. The summed E-state index contributed by atoms with van der Waals surface area (Å²) in [7, 11) is 0. The third-order valence-electron chi connectivity index (χ3n) is 6.09. The lowest BCUT2D eigenvalue weighted by Crippen LogP contribution is -2.57. The summed E-state index contributed by atoms with van der Waals surface area (Å²) in [6.45, 7) is 5.37. The third kappa shape index (κ3) is 6.42. The molecule has 0 aromatic heterocycles. The van der Waals surface area contributed by atoms with Gasteiger partial charge in [0.15, 0.2) is 0 Å². The summed E-state index contributed by atoms with van der Waals surface area (Å²) in [5.74, 6) is 0.350. The van der Waals surface area contributed by atoms with Gasteiger partial charge in [0.1, 0.15) is 17.8 Å². The summed E-state index contributed by atoms with van der Waals surface area (Å²) in [5.41, 5.74) is 2.61. The molecular formula is C25H30ClFN4O2S. The predicted molar refractivity (Wildman–Crippen MR) is 137 cm³/mol. The smallest absolute Gasteiger partial charge is 0.148 e. The SMILES string of the molecule is CC(C)(NCCCOc1ccc(C2CC=NC2)c(F)c1)C(O)N(C=S)C1=CC=C(C#N)C(Cl)C1. The van der Waals surface area contributed by atoms with E-state index in [2.05, 4.69) is 16.4 Å². The Morgan fingerprint density at radius 1 is 1.47 bits per heavy atom. The molecule has 1 aromatic carbocycles. The summed E-state index contributed by atoms with van der Waals surface area (Å²) in [4.78, 5) is 5.77. The first-order valence-corrected chi connectivity index (χ1v) is 12.2. The van der Waals surface area contributed by atoms with Crippen molar-refractivity contribution in [2.24, 2.45) is 4.99 Å². The number of halogens is 2. The number of benzene rings is 1. The van der Waals surface area contributed by atoms with E-state index in [1.54, 1.807) is 29.2 Å². The highest BCUT2D eigenvalue weighted by molar-refractivity contribution is 7.78. The maximum atomic E-state index is 14.4. The van der Waals surface area contributed by atoms with E-state index in [1.165, 1.54) is 11.6 Å². The van der Waals surface area contributed by atoms with Gasteiger partial charge in [0, 0.05) is 36.2 Å². The highest BCUT2D eigenvalue weighted by atomic mass is 35.5. The quantitative estimate of drug-likeness (QED) is 0.201. The van der Waals surface area contributed by atoms with Crippen LogP contribution in [0.4, 0.5) is 4.39 Å². The van der Waals surface area contributed by atoms with Gasteiger partial charge >= 0.3 is 0 Å². The average Bonchev–Trinajstić information content (AvgIpc) is 3.34. The van der Waals surface area contributed by atoms with Gasteiger partial charge in [-0.05, 0) is 63.2 Å².